The van der Waals surface area contributed by atoms with Crippen molar-refractivity contribution < 1.29 is 9.50 Å². The highest BCUT2D eigenvalue weighted by atomic mass is 79.9. The van der Waals surface area contributed by atoms with Gasteiger partial charge in [-0.2, -0.15) is 0 Å². The molecule has 0 radical (unpaired) electrons. The van der Waals surface area contributed by atoms with E-state index in [1.807, 2.05) is 6.92 Å². The van der Waals surface area contributed by atoms with E-state index in [1.54, 1.807) is 6.07 Å². The van der Waals surface area contributed by atoms with E-state index >= 15 is 0 Å². The second kappa shape index (κ2) is 4.89. The fourth-order valence-corrected chi connectivity index (χ4v) is 1.98. The summed E-state index contributed by atoms with van der Waals surface area (Å²) in [6, 6.07) is 3.98. The zero-order chi connectivity index (χ0) is 13.3. The number of nitrogen functional groups attached to an aromatic ring is 1. The van der Waals surface area contributed by atoms with E-state index in [1.165, 1.54) is 12.1 Å². The molecule has 2 rings (SSSR count). The predicted octanol–water partition coefficient (Wildman–Crippen LogP) is 2.90. The molecule has 0 amide bonds. The summed E-state index contributed by atoms with van der Waals surface area (Å²) < 4.78 is 13.9. The van der Waals surface area contributed by atoms with E-state index in [-0.39, 0.29) is 0 Å². The first-order valence-corrected chi connectivity index (χ1v) is 6.13. The van der Waals surface area contributed by atoms with Gasteiger partial charge in [-0.15, -0.1) is 0 Å². The summed E-state index contributed by atoms with van der Waals surface area (Å²) in [7, 11) is 0. The molecule has 3 N–H and O–H groups in total. The second-order valence-corrected chi connectivity index (χ2v) is 4.51. The van der Waals surface area contributed by atoms with Crippen molar-refractivity contribution in [2.24, 2.45) is 0 Å². The third-order valence-electron chi connectivity index (χ3n) is 2.49. The molecule has 0 aliphatic carbocycles. The summed E-state index contributed by atoms with van der Waals surface area (Å²) in [4.78, 5) is 8.40. The molecule has 0 aliphatic heterocycles. The maximum Gasteiger partial charge on any atom is 0.165 e. The first kappa shape index (κ1) is 12.8. The van der Waals surface area contributed by atoms with Crippen molar-refractivity contribution in [2.75, 3.05) is 5.73 Å². The van der Waals surface area contributed by atoms with Crippen molar-refractivity contribution in [1.29, 1.82) is 0 Å². The standard InChI is InChI=1S/C12H11BrFN3O/c1-2-8-10(13)11(15)17-12(16-8)6-3-4-9(18)7(14)5-6/h3-5,18H,2H2,1H3,(H2,15,16,17). The van der Waals surface area contributed by atoms with Gasteiger partial charge in [-0.3, -0.25) is 0 Å². The van der Waals surface area contributed by atoms with E-state index in [9.17, 15) is 4.39 Å². The number of anilines is 1. The van der Waals surface area contributed by atoms with Crippen molar-refractivity contribution in [3.63, 3.8) is 0 Å². The lowest BCUT2D eigenvalue weighted by atomic mass is 10.2. The van der Waals surface area contributed by atoms with Crippen LogP contribution in [0.3, 0.4) is 0 Å². The maximum absolute atomic E-state index is 13.3. The van der Waals surface area contributed by atoms with Crippen LogP contribution in [0.25, 0.3) is 11.4 Å². The Kier molecular flexibility index (Phi) is 3.47. The number of nitrogens with zero attached hydrogens (tertiary/aromatic N) is 2. The topological polar surface area (TPSA) is 72.0 Å². The normalized spacial score (nSPS) is 10.6. The molecule has 0 saturated heterocycles. The van der Waals surface area contributed by atoms with Gasteiger partial charge >= 0.3 is 0 Å². The third kappa shape index (κ3) is 2.28. The third-order valence-corrected chi connectivity index (χ3v) is 3.35. The fraction of sp³-hybridized carbons (Fsp3) is 0.167. The van der Waals surface area contributed by atoms with Gasteiger partial charge in [-0.05, 0) is 40.5 Å². The van der Waals surface area contributed by atoms with Crippen molar-refractivity contribution in [3.05, 3.63) is 34.2 Å². The van der Waals surface area contributed by atoms with E-state index in [4.69, 9.17) is 10.8 Å². The number of aromatic nitrogens is 2. The number of hydrogen-bond donors (Lipinski definition) is 2. The Bertz CT molecular complexity index is 604. The summed E-state index contributed by atoms with van der Waals surface area (Å²) in [5, 5.41) is 9.14. The Balaban J connectivity index is 2.57. The molecule has 0 atom stereocenters. The molecule has 2 aromatic rings. The lowest BCUT2D eigenvalue weighted by Crippen LogP contribution is -2.02. The summed E-state index contributed by atoms with van der Waals surface area (Å²) in [6.07, 6.45) is 0.681. The van der Waals surface area contributed by atoms with Crippen LogP contribution in [0.1, 0.15) is 12.6 Å². The Morgan fingerprint density at radius 1 is 1.39 bits per heavy atom. The Hall–Kier alpha value is -1.69. The molecule has 94 valence electrons. The summed E-state index contributed by atoms with van der Waals surface area (Å²) >= 11 is 3.31. The van der Waals surface area contributed by atoms with Crippen LogP contribution >= 0.6 is 15.9 Å². The number of benzene rings is 1. The van der Waals surface area contributed by atoms with Crippen molar-refractivity contribution in [3.8, 4) is 17.1 Å². The monoisotopic (exact) mass is 311 g/mol. The highest BCUT2D eigenvalue weighted by molar-refractivity contribution is 9.10. The van der Waals surface area contributed by atoms with Crippen LogP contribution in [0.5, 0.6) is 5.75 Å². The Labute approximate surface area is 112 Å². The zero-order valence-electron chi connectivity index (χ0n) is 9.61. The van der Waals surface area contributed by atoms with Crippen LogP contribution in [0.4, 0.5) is 10.2 Å². The van der Waals surface area contributed by atoms with E-state index in [0.29, 0.717) is 28.1 Å². The lowest BCUT2D eigenvalue weighted by molar-refractivity contribution is 0.432. The van der Waals surface area contributed by atoms with Gasteiger partial charge in [0.05, 0.1) is 10.2 Å². The molecule has 0 fully saturated rings. The summed E-state index contributed by atoms with van der Waals surface area (Å²) in [5.74, 6) is -0.466. The van der Waals surface area contributed by atoms with Gasteiger partial charge in [-0.1, -0.05) is 6.92 Å². The molecular weight excluding hydrogens is 301 g/mol. The van der Waals surface area contributed by atoms with Crippen LogP contribution < -0.4 is 5.73 Å². The second-order valence-electron chi connectivity index (χ2n) is 3.71. The highest BCUT2D eigenvalue weighted by Crippen LogP contribution is 2.27. The number of aryl methyl sites for hydroxylation is 1. The maximum atomic E-state index is 13.3. The molecule has 1 heterocycles. The van der Waals surface area contributed by atoms with Gasteiger partial charge in [0.2, 0.25) is 0 Å². The first-order valence-electron chi connectivity index (χ1n) is 5.33. The van der Waals surface area contributed by atoms with Gasteiger partial charge in [-0.25, -0.2) is 14.4 Å². The predicted molar refractivity (Wildman–Crippen MR) is 70.6 cm³/mol. The van der Waals surface area contributed by atoms with Crippen molar-refractivity contribution in [2.45, 2.75) is 13.3 Å². The highest BCUT2D eigenvalue weighted by Gasteiger charge is 2.11. The van der Waals surface area contributed by atoms with Gasteiger partial charge in [0, 0.05) is 5.56 Å². The quantitative estimate of drug-likeness (QED) is 0.894. The average Bonchev–Trinajstić information content (AvgIpc) is 2.36. The van der Waals surface area contributed by atoms with Crippen LogP contribution in [0, 0.1) is 5.82 Å². The number of aromatic hydroxyl groups is 1. The number of phenolic OH excluding ortho intramolecular Hbond substituents is 1. The van der Waals surface area contributed by atoms with Gasteiger partial charge in [0.1, 0.15) is 5.82 Å². The number of phenols is 1. The average molecular weight is 312 g/mol. The molecule has 1 aromatic heterocycles. The van der Waals surface area contributed by atoms with E-state index in [2.05, 4.69) is 25.9 Å². The molecule has 0 saturated carbocycles. The lowest BCUT2D eigenvalue weighted by Gasteiger charge is -2.07. The Morgan fingerprint density at radius 3 is 2.72 bits per heavy atom. The minimum Gasteiger partial charge on any atom is -0.505 e. The van der Waals surface area contributed by atoms with Gasteiger partial charge in [0.25, 0.3) is 0 Å². The molecule has 1 aromatic carbocycles. The molecule has 0 spiro atoms. The van der Waals surface area contributed by atoms with Gasteiger partial charge in [0.15, 0.2) is 17.4 Å². The molecule has 0 bridgehead atoms. The smallest absolute Gasteiger partial charge is 0.165 e. The largest absolute Gasteiger partial charge is 0.505 e. The minimum atomic E-state index is -0.712. The van der Waals surface area contributed by atoms with E-state index in [0.717, 1.165) is 5.69 Å². The van der Waals surface area contributed by atoms with Crippen molar-refractivity contribution >= 4 is 21.7 Å². The molecule has 6 heteroatoms. The number of rotatable bonds is 2. The van der Waals surface area contributed by atoms with Crippen LogP contribution in [0.15, 0.2) is 22.7 Å². The molecular formula is C12H11BrFN3O. The summed E-state index contributed by atoms with van der Waals surface area (Å²) in [5.41, 5.74) is 6.99. The minimum absolute atomic E-state index is 0.310. The van der Waals surface area contributed by atoms with Crippen molar-refractivity contribution in [1.82, 2.24) is 9.97 Å². The van der Waals surface area contributed by atoms with E-state index < -0.39 is 11.6 Å². The SMILES string of the molecule is CCc1nc(-c2ccc(O)c(F)c2)nc(N)c1Br. The number of hydrogen-bond acceptors (Lipinski definition) is 4. The number of nitrogens with two attached hydrogens (primary N) is 1. The fourth-order valence-electron chi connectivity index (χ4n) is 1.52. The molecule has 0 aliphatic rings. The molecule has 4 nitrogen and oxygen atoms in total. The van der Waals surface area contributed by atoms with Crippen LogP contribution in [-0.4, -0.2) is 15.1 Å². The van der Waals surface area contributed by atoms with Crippen LogP contribution in [-0.2, 0) is 6.42 Å². The Morgan fingerprint density at radius 2 is 2.11 bits per heavy atom. The first-order chi connectivity index (χ1) is 8.52. The summed E-state index contributed by atoms with van der Waals surface area (Å²) in [6.45, 7) is 1.94. The zero-order valence-corrected chi connectivity index (χ0v) is 11.2. The molecule has 0 unspecified atom stereocenters. The molecule has 18 heavy (non-hydrogen) atoms. The van der Waals surface area contributed by atoms with Crippen LogP contribution in [0.2, 0.25) is 0 Å². The van der Waals surface area contributed by atoms with Gasteiger partial charge < -0.3 is 10.8 Å². The number of halogens is 2.